The first-order valence-corrected chi connectivity index (χ1v) is 7.96. The van der Waals surface area contributed by atoms with E-state index in [1.165, 1.54) is 12.1 Å². The van der Waals surface area contributed by atoms with E-state index in [4.69, 9.17) is 5.14 Å². The van der Waals surface area contributed by atoms with Gasteiger partial charge in [0.15, 0.2) is 0 Å². The first-order valence-electron chi connectivity index (χ1n) is 6.41. The first-order chi connectivity index (χ1) is 8.99. The Bertz CT molecular complexity index is 571. The Labute approximate surface area is 120 Å². The molecule has 0 heterocycles. The zero-order valence-electron chi connectivity index (χ0n) is 12.3. The Kier molecular flexibility index (Phi) is 4.94. The van der Waals surface area contributed by atoms with Crippen molar-refractivity contribution in [3.8, 4) is 0 Å². The van der Waals surface area contributed by atoms with E-state index >= 15 is 0 Å². The number of nitrogens with two attached hydrogens (primary N) is 1. The Hall–Kier alpha value is -1.40. The molecule has 0 aromatic heterocycles. The van der Waals surface area contributed by atoms with E-state index in [9.17, 15) is 13.2 Å². The minimum Gasteiger partial charge on any atom is -0.350 e. The van der Waals surface area contributed by atoms with Crippen molar-refractivity contribution in [3.05, 3.63) is 29.8 Å². The van der Waals surface area contributed by atoms with Gasteiger partial charge in [0, 0.05) is 6.42 Å². The number of carbonyl (C=O) groups is 1. The minimum atomic E-state index is -3.68. The summed E-state index contributed by atoms with van der Waals surface area (Å²) >= 11 is 0. The Morgan fingerprint density at radius 3 is 2.15 bits per heavy atom. The summed E-state index contributed by atoms with van der Waals surface area (Å²) in [7, 11) is -3.68. The van der Waals surface area contributed by atoms with E-state index < -0.39 is 10.0 Å². The van der Waals surface area contributed by atoms with E-state index in [0.29, 0.717) is 6.42 Å². The summed E-state index contributed by atoms with van der Waals surface area (Å²) in [6.07, 6.45) is 0.437. The number of carbonyl (C=O) groups excluding carboxylic acids is 1. The van der Waals surface area contributed by atoms with E-state index in [1.54, 1.807) is 12.1 Å². The maximum absolute atomic E-state index is 11.8. The van der Waals surface area contributed by atoms with Crippen LogP contribution in [0.4, 0.5) is 0 Å². The smallest absolute Gasteiger partial charge is 0.238 e. The van der Waals surface area contributed by atoms with Crippen molar-refractivity contribution < 1.29 is 13.2 Å². The fourth-order valence-electron chi connectivity index (χ4n) is 1.80. The van der Waals surface area contributed by atoms with Gasteiger partial charge in [-0.15, -0.1) is 0 Å². The van der Waals surface area contributed by atoms with Crippen LogP contribution in [-0.2, 0) is 14.8 Å². The van der Waals surface area contributed by atoms with Crippen LogP contribution >= 0.6 is 0 Å². The number of benzene rings is 1. The van der Waals surface area contributed by atoms with E-state index in [0.717, 1.165) is 5.56 Å². The fraction of sp³-hybridized carbons (Fsp3) is 0.500. The third kappa shape index (κ3) is 5.30. The molecule has 1 rings (SSSR count). The number of hydrogen-bond donors (Lipinski definition) is 2. The maximum atomic E-state index is 11.8. The van der Waals surface area contributed by atoms with Crippen LogP contribution in [0.1, 0.15) is 45.7 Å². The standard InChI is InChI=1S/C14H22N2O3S/c1-10(16-13(17)9-14(2,3)4)11-5-7-12(8-6-11)20(15,18)19/h5-8,10H,9H2,1-4H3,(H,16,17)(H2,15,18,19). The summed E-state index contributed by atoms with van der Waals surface area (Å²) in [5.41, 5.74) is 0.765. The van der Waals surface area contributed by atoms with Gasteiger partial charge in [-0.2, -0.15) is 0 Å². The predicted octanol–water partition coefficient (Wildman–Crippen LogP) is 1.95. The second kappa shape index (κ2) is 5.93. The van der Waals surface area contributed by atoms with Crippen LogP contribution in [0.25, 0.3) is 0 Å². The highest BCUT2D eigenvalue weighted by molar-refractivity contribution is 7.89. The fourth-order valence-corrected chi connectivity index (χ4v) is 2.32. The molecule has 1 aromatic carbocycles. The second-order valence-electron chi connectivity index (χ2n) is 6.14. The highest BCUT2D eigenvalue weighted by atomic mass is 32.2. The molecule has 3 N–H and O–H groups in total. The van der Waals surface area contributed by atoms with Gasteiger partial charge in [0.2, 0.25) is 15.9 Å². The maximum Gasteiger partial charge on any atom is 0.238 e. The average molecular weight is 298 g/mol. The van der Waals surface area contributed by atoms with Crippen molar-refractivity contribution in [2.45, 2.75) is 45.1 Å². The van der Waals surface area contributed by atoms with Crippen molar-refractivity contribution >= 4 is 15.9 Å². The van der Waals surface area contributed by atoms with Crippen LogP contribution in [-0.4, -0.2) is 14.3 Å². The first kappa shape index (κ1) is 16.7. The normalized spacial score (nSPS) is 13.8. The molecular weight excluding hydrogens is 276 g/mol. The van der Waals surface area contributed by atoms with Crippen LogP contribution in [0.3, 0.4) is 0 Å². The Morgan fingerprint density at radius 2 is 1.75 bits per heavy atom. The molecule has 0 spiro atoms. The molecule has 0 aliphatic rings. The van der Waals surface area contributed by atoms with Gasteiger partial charge in [-0.05, 0) is 30.0 Å². The molecule has 1 aromatic rings. The van der Waals surface area contributed by atoms with Crippen molar-refractivity contribution in [3.63, 3.8) is 0 Å². The van der Waals surface area contributed by atoms with Crippen molar-refractivity contribution in [1.82, 2.24) is 5.32 Å². The molecule has 0 saturated carbocycles. The Balaban J connectivity index is 2.74. The number of nitrogens with one attached hydrogen (secondary N) is 1. The van der Waals surface area contributed by atoms with Gasteiger partial charge in [-0.25, -0.2) is 13.6 Å². The van der Waals surface area contributed by atoms with Gasteiger partial charge in [0.25, 0.3) is 0 Å². The monoisotopic (exact) mass is 298 g/mol. The summed E-state index contributed by atoms with van der Waals surface area (Å²) in [6.45, 7) is 7.85. The lowest BCUT2D eigenvalue weighted by molar-refractivity contribution is -0.123. The van der Waals surface area contributed by atoms with Gasteiger partial charge < -0.3 is 5.32 Å². The van der Waals surface area contributed by atoms with Crippen LogP contribution < -0.4 is 10.5 Å². The van der Waals surface area contributed by atoms with Crippen molar-refractivity contribution in [2.24, 2.45) is 10.6 Å². The molecular formula is C14H22N2O3S. The van der Waals surface area contributed by atoms with Crippen LogP contribution in [0.15, 0.2) is 29.2 Å². The molecule has 1 atom stereocenters. The summed E-state index contributed by atoms with van der Waals surface area (Å²) in [6, 6.07) is 6.01. The third-order valence-corrected chi connectivity index (χ3v) is 3.71. The molecule has 0 aliphatic heterocycles. The molecule has 0 aliphatic carbocycles. The number of hydrogen-bond acceptors (Lipinski definition) is 3. The van der Waals surface area contributed by atoms with Crippen LogP contribution in [0.2, 0.25) is 0 Å². The largest absolute Gasteiger partial charge is 0.350 e. The molecule has 112 valence electrons. The average Bonchev–Trinajstić information content (AvgIpc) is 2.25. The van der Waals surface area contributed by atoms with Crippen molar-refractivity contribution in [1.29, 1.82) is 0 Å². The molecule has 5 nitrogen and oxygen atoms in total. The lowest BCUT2D eigenvalue weighted by atomic mass is 9.91. The predicted molar refractivity (Wildman–Crippen MR) is 78.4 cm³/mol. The summed E-state index contributed by atoms with van der Waals surface area (Å²) < 4.78 is 22.3. The Morgan fingerprint density at radius 1 is 1.25 bits per heavy atom. The topological polar surface area (TPSA) is 89.3 Å². The minimum absolute atomic E-state index is 0.0273. The van der Waals surface area contributed by atoms with E-state index in [2.05, 4.69) is 5.32 Å². The van der Waals surface area contributed by atoms with Crippen molar-refractivity contribution in [2.75, 3.05) is 0 Å². The summed E-state index contributed by atoms with van der Waals surface area (Å²) in [4.78, 5) is 11.9. The highest BCUT2D eigenvalue weighted by Crippen LogP contribution is 2.20. The second-order valence-corrected chi connectivity index (χ2v) is 7.70. The van der Waals surface area contributed by atoms with E-state index in [1.807, 2.05) is 27.7 Å². The van der Waals surface area contributed by atoms with Gasteiger partial charge in [-0.3, -0.25) is 4.79 Å². The summed E-state index contributed by atoms with van der Waals surface area (Å²) in [5.74, 6) is -0.0273. The molecule has 6 heteroatoms. The lowest BCUT2D eigenvalue weighted by Crippen LogP contribution is -2.29. The lowest BCUT2D eigenvalue weighted by Gasteiger charge is -2.20. The molecule has 1 amide bonds. The highest BCUT2D eigenvalue weighted by Gasteiger charge is 2.18. The molecule has 0 radical (unpaired) electrons. The molecule has 20 heavy (non-hydrogen) atoms. The quantitative estimate of drug-likeness (QED) is 0.890. The van der Waals surface area contributed by atoms with Gasteiger partial charge >= 0.3 is 0 Å². The molecule has 0 fully saturated rings. The zero-order chi connectivity index (χ0) is 15.6. The van der Waals surface area contributed by atoms with Gasteiger partial charge in [0.05, 0.1) is 10.9 Å². The number of amides is 1. The van der Waals surface area contributed by atoms with E-state index in [-0.39, 0.29) is 22.3 Å². The zero-order valence-corrected chi connectivity index (χ0v) is 13.1. The van der Waals surface area contributed by atoms with Crippen LogP contribution in [0, 0.1) is 5.41 Å². The van der Waals surface area contributed by atoms with Gasteiger partial charge in [-0.1, -0.05) is 32.9 Å². The summed E-state index contributed by atoms with van der Waals surface area (Å²) in [5, 5.41) is 7.93. The number of rotatable bonds is 4. The molecule has 0 saturated heterocycles. The van der Waals surface area contributed by atoms with Gasteiger partial charge in [0.1, 0.15) is 0 Å². The molecule has 1 unspecified atom stereocenters. The number of sulfonamides is 1. The molecule has 0 bridgehead atoms. The van der Waals surface area contributed by atoms with Crippen LogP contribution in [0.5, 0.6) is 0 Å². The SMILES string of the molecule is CC(NC(=O)CC(C)(C)C)c1ccc(S(N)(=O)=O)cc1. The number of primary sulfonamides is 1. The third-order valence-electron chi connectivity index (χ3n) is 2.78.